The highest BCUT2D eigenvalue weighted by atomic mass is 32.2. The first-order valence-corrected chi connectivity index (χ1v) is 10.00. The van der Waals surface area contributed by atoms with Crippen LogP contribution in [0.3, 0.4) is 0 Å². The number of aromatic amines is 1. The van der Waals surface area contributed by atoms with Gasteiger partial charge in [0.2, 0.25) is 15.8 Å². The van der Waals surface area contributed by atoms with Gasteiger partial charge >= 0.3 is 0 Å². The third kappa shape index (κ3) is 3.55. The summed E-state index contributed by atoms with van der Waals surface area (Å²) < 4.78 is 27.2. The van der Waals surface area contributed by atoms with Gasteiger partial charge in [0.1, 0.15) is 0 Å². The number of nitrogens with one attached hydrogen (secondary N) is 1. The number of thioether (sulfide) groups is 1. The summed E-state index contributed by atoms with van der Waals surface area (Å²) >= 11 is 1.75. The van der Waals surface area contributed by atoms with Crippen molar-refractivity contribution in [3.8, 4) is 11.4 Å². The van der Waals surface area contributed by atoms with Gasteiger partial charge in [-0.3, -0.25) is 4.90 Å². The molecule has 0 radical (unpaired) electrons. The molecule has 0 bridgehead atoms. The third-order valence-corrected chi connectivity index (χ3v) is 6.24. The molecule has 8 nitrogen and oxygen atoms in total. The van der Waals surface area contributed by atoms with Crippen LogP contribution in [0.2, 0.25) is 0 Å². The van der Waals surface area contributed by atoms with Crippen molar-refractivity contribution in [1.29, 1.82) is 0 Å². The summed E-state index contributed by atoms with van der Waals surface area (Å²) in [5, 5.41) is 13.6. The minimum absolute atomic E-state index is 0.262. The maximum atomic E-state index is 12.8. The highest BCUT2D eigenvalue weighted by molar-refractivity contribution is 7.98. The molecular formula is C13H18N6O2S2. The van der Waals surface area contributed by atoms with Crippen LogP contribution in [0.4, 0.5) is 0 Å². The van der Waals surface area contributed by atoms with Gasteiger partial charge in [0.15, 0.2) is 0 Å². The van der Waals surface area contributed by atoms with E-state index in [0.717, 1.165) is 19.0 Å². The molecule has 0 saturated carbocycles. The molecule has 1 aromatic heterocycles. The van der Waals surface area contributed by atoms with Crippen LogP contribution in [0.1, 0.15) is 0 Å². The van der Waals surface area contributed by atoms with E-state index in [1.54, 1.807) is 40.3 Å². The SMILES string of the molecule is CSCN1CCN(S(=O)(=O)c2cccc(-c3nn[nH]n3)c2)CC1. The Labute approximate surface area is 139 Å². The maximum absolute atomic E-state index is 12.8. The lowest BCUT2D eigenvalue weighted by molar-refractivity contribution is 0.215. The van der Waals surface area contributed by atoms with Gasteiger partial charge in [-0.1, -0.05) is 12.1 Å². The first kappa shape index (κ1) is 16.4. The summed E-state index contributed by atoms with van der Waals surface area (Å²) in [6.45, 7) is 2.53. The van der Waals surface area contributed by atoms with E-state index < -0.39 is 10.0 Å². The molecule has 23 heavy (non-hydrogen) atoms. The molecule has 3 rings (SSSR count). The summed E-state index contributed by atoms with van der Waals surface area (Å²) in [6.07, 6.45) is 2.05. The van der Waals surface area contributed by atoms with Crippen molar-refractivity contribution >= 4 is 21.8 Å². The van der Waals surface area contributed by atoms with E-state index in [1.165, 1.54) is 0 Å². The monoisotopic (exact) mass is 354 g/mol. The van der Waals surface area contributed by atoms with Crippen LogP contribution in [0.15, 0.2) is 29.2 Å². The molecule has 0 unspecified atom stereocenters. The highest BCUT2D eigenvalue weighted by Gasteiger charge is 2.28. The second-order valence-corrected chi connectivity index (χ2v) is 7.98. The van der Waals surface area contributed by atoms with Crippen LogP contribution in [0.25, 0.3) is 11.4 Å². The molecule has 124 valence electrons. The van der Waals surface area contributed by atoms with Gasteiger partial charge < -0.3 is 0 Å². The van der Waals surface area contributed by atoms with E-state index >= 15 is 0 Å². The van der Waals surface area contributed by atoms with Crippen molar-refractivity contribution in [1.82, 2.24) is 29.8 Å². The molecule has 1 saturated heterocycles. The molecule has 1 aliphatic heterocycles. The Morgan fingerprint density at radius 1 is 1.26 bits per heavy atom. The smallest absolute Gasteiger partial charge is 0.243 e. The summed E-state index contributed by atoms with van der Waals surface area (Å²) in [5.41, 5.74) is 0.626. The van der Waals surface area contributed by atoms with Crippen molar-refractivity contribution in [2.75, 3.05) is 38.3 Å². The van der Waals surface area contributed by atoms with E-state index in [2.05, 4.69) is 25.5 Å². The zero-order valence-electron chi connectivity index (χ0n) is 12.7. The van der Waals surface area contributed by atoms with E-state index in [4.69, 9.17) is 0 Å². The average Bonchev–Trinajstić information content (AvgIpc) is 3.10. The number of rotatable bonds is 5. The molecule has 1 fully saturated rings. The maximum Gasteiger partial charge on any atom is 0.243 e. The minimum Gasteiger partial charge on any atom is -0.292 e. The fraction of sp³-hybridized carbons (Fsp3) is 0.462. The number of hydrogen-bond acceptors (Lipinski definition) is 7. The number of nitrogens with zero attached hydrogens (tertiary/aromatic N) is 5. The summed E-state index contributed by atoms with van der Waals surface area (Å²) in [6, 6.07) is 6.66. The van der Waals surface area contributed by atoms with Crippen LogP contribution >= 0.6 is 11.8 Å². The average molecular weight is 354 g/mol. The molecule has 0 aliphatic carbocycles. The molecule has 2 aromatic rings. The van der Waals surface area contributed by atoms with E-state index in [9.17, 15) is 8.42 Å². The molecule has 2 heterocycles. The Hall–Kier alpha value is -1.49. The topological polar surface area (TPSA) is 95.1 Å². The number of benzene rings is 1. The predicted molar refractivity (Wildman–Crippen MR) is 88.3 cm³/mol. The number of H-pyrrole nitrogens is 1. The summed E-state index contributed by atoms with van der Waals surface area (Å²) in [7, 11) is -3.50. The Kier molecular flexibility index (Phi) is 4.95. The van der Waals surface area contributed by atoms with Crippen LogP contribution in [-0.4, -0.2) is 76.6 Å². The van der Waals surface area contributed by atoms with Gasteiger partial charge in [0.25, 0.3) is 0 Å². The fourth-order valence-corrected chi connectivity index (χ4v) is 4.60. The van der Waals surface area contributed by atoms with Gasteiger partial charge in [-0.25, -0.2) is 8.42 Å². The first-order valence-electron chi connectivity index (χ1n) is 7.16. The van der Waals surface area contributed by atoms with Crippen LogP contribution < -0.4 is 0 Å². The van der Waals surface area contributed by atoms with E-state index in [0.29, 0.717) is 24.5 Å². The zero-order chi connectivity index (χ0) is 16.3. The minimum atomic E-state index is -3.50. The van der Waals surface area contributed by atoms with Gasteiger partial charge in [0.05, 0.1) is 4.90 Å². The largest absolute Gasteiger partial charge is 0.292 e. The molecule has 1 N–H and O–H groups in total. The van der Waals surface area contributed by atoms with Crippen LogP contribution in [-0.2, 0) is 10.0 Å². The normalized spacial score (nSPS) is 17.4. The first-order chi connectivity index (χ1) is 11.1. The van der Waals surface area contributed by atoms with Crippen molar-refractivity contribution in [3.05, 3.63) is 24.3 Å². The number of sulfonamides is 1. The zero-order valence-corrected chi connectivity index (χ0v) is 14.3. The van der Waals surface area contributed by atoms with Crippen LogP contribution in [0.5, 0.6) is 0 Å². The van der Waals surface area contributed by atoms with Crippen molar-refractivity contribution in [3.63, 3.8) is 0 Å². The fourth-order valence-electron chi connectivity index (χ4n) is 2.51. The standard InChI is InChI=1S/C13H18N6O2S2/c1-22-10-18-5-7-19(8-6-18)23(20,21)12-4-2-3-11(9-12)13-14-16-17-15-13/h2-4,9H,5-8,10H2,1H3,(H,14,15,16,17). The van der Waals surface area contributed by atoms with E-state index in [-0.39, 0.29) is 4.90 Å². The van der Waals surface area contributed by atoms with Crippen LogP contribution in [0, 0.1) is 0 Å². The molecule has 0 spiro atoms. The third-order valence-electron chi connectivity index (χ3n) is 3.72. The van der Waals surface area contributed by atoms with Crippen molar-refractivity contribution in [2.45, 2.75) is 4.90 Å². The Balaban J connectivity index is 1.79. The van der Waals surface area contributed by atoms with Gasteiger partial charge in [-0.2, -0.15) is 9.52 Å². The summed E-state index contributed by atoms with van der Waals surface area (Å²) in [5.74, 6) is 1.31. The lowest BCUT2D eigenvalue weighted by Crippen LogP contribution is -2.48. The van der Waals surface area contributed by atoms with Gasteiger partial charge in [-0.15, -0.1) is 22.0 Å². The lowest BCUT2D eigenvalue weighted by atomic mass is 10.2. The molecule has 1 aliphatic rings. The predicted octanol–water partition coefficient (Wildman–Crippen LogP) is 0.493. The Morgan fingerprint density at radius 3 is 2.70 bits per heavy atom. The second kappa shape index (κ2) is 6.95. The lowest BCUT2D eigenvalue weighted by Gasteiger charge is -2.33. The van der Waals surface area contributed by atoms with Gasteiger partial charge in [-0.05, 0) is 23.6 Å². The molecule has 1 aromatic carbocycles. The molecule has 10 heteroatoms. The molecule has 0 amide bonds. The second-order valence-electron chi connectivity index (χ2n) is 5.20. The number of tetrazole rings is 1. The Morgan fingerprint density at radius 2 is 2.04 bits per heavy atom. The number of hydrogen-bond donors (Lipinski definition) is 1. The number of piperazine rings is 1. The van der Waals surface area contributed by atoms with Crippen molar-refractivity contribution in [2.24, 2.45) is 0 Å². The van der Waals surface area contributed by atoms with Crippen molar-refractivity contribution < 1.29 is 8.42 Å². The number of aromatic nitrogens is 4. The molecular weight excluding hydrogens is 336 g/mol. The van der Waals surface area contributed by atoms with E-state index in [1.807, 2.05) is 6.26 Å². The summed E-state index contributed by atoms with van der Waals surface area (Å²) in [4.78, 5) is 2.52. The Bertz CT molecular complexity index is 742. The highest BCUT2D eigenvalue weighted by Crippen LogP contribution is 2.22. The molecule has 0 atom stereocenters. The quantitative estimate of drug-likeness (QED) is 0.835. The van der Waals surface area contributed by atoms with Gasteiger partial charge in [0, 0.05) is 37.6 Å².